The van der Waals surface area contributed by atoms with Gasteiger partial charge in [-0.25, -0.2) is 4.98 Å². The molecule has 15 heavy (non-hydrogen) atoms. The van der Waals surface area contributed by atoms with Crippen molar-refractivity contribution in [3.05, 3.63) is 23.4 Å². The lowest BCUT2D eigenvalue weighted by Gasteiger charge is -2.28. The van der Waals surface area contributed by atoms with E-state index in [0.717, 1.165) is 37.0 Å². The fraction of sp³-hybridized carbons (Fsp3) is 0.444. The monoisotopic (exact) mass is 269 g/mol. The summed E-state index contributed by atoms with van der Waals surface area (Å²) in [6, 6.07) is 3.74. The maximum absolute atomic E-state index is 6.03. The molecular formula is C9H14Cl3N3. The van der Waals surface area contributed by atoms with Gasteiger partial charge in [-0.1, -0.05) is 11.6 Å². The van der Waals surface area contributed by atoms with Crippen LogP contribution in [0.1, 0.15) is 0 Å². The summed E-state index contributed by atoms with van der Waals surface area (Å²) < 4.78 is 0. The van der Waals surface area contributed by atoms with Gasteiger partial charge in [0.1, 0.15) is 5.82 Å². The summed E-state index contributed by atoms with van der Waals surface area (Å²) in [5, 5.41) is 4.03. The molecule has 0 atom stereocenters. The Bertz CT molecular complexity index is 290. The molecule has 1 fully saturated rings. The van der Waals surface area contributed by atoms with Gasteiger partial charge in [0, 0.05) is 32.4 Å². The Labute approximate surface area is 107 Å². The Balaban J connectivity index is 0.000000980. The third-order valence-corrected chi connectivity index (χ3v) is 2.45. The maximum atomic E-state index is 6.03. The molecule has 1 aromatic rings. The van der Waals surface area contributed by atoms with Gasteiger partial charge in [0.15, 0.2) is 0 Å². The van der Waals surface area contributed by atoms with Crippen LogP contribution in [0.4, 0.5) is 5.82 Å². The second kappa shape index (κ2) is 7.12. The van der Waals surface area contributed by atoms with Crippen molar-refractivity contribution in [3.63, 3.8) is 0 Å². The molecule has 0 bridgehead atoms. The van der Waals surface area contributed by atoms with Crippen molar-refractivity contribution in [1.29, 1.82) is 0 Å². The highest BCUT2D eigenvalue weighted by Gasteiger charge is 2.13. The average Bonchev–Trinajstić information content (AvgIpc) is 2.20. The van der Waals surface area contributed by atoms with E-state index in [-0.39, 0.29) is 24.8 Å². The minimum absolute atomic E-state index is 0. The number of nitrogens with zero attached hydrogens (tertiary/aromatic N) is 2. The molecule has 6 heteroatoms. The first-order valence-electron chi connectivity index (χ1n) is 4.44. The molecule has 0 aliphatic carbocycles. The maximum Gasteiger partial charge on any atom is 0.147 e. The van der Waals surface area contributed by atoms with Crippen LogP contribution in [0.2, 0.25) is 5.02 Å². The Hall–Kier alpha value is -0.220. The number of hydrogen-bond acceptors (Lipinski definition) is 3. The van der Waals surface area contributed by atoms with Gasteiger partial charge in [-0.2, -0.15) is 0 Å². The van der Waals surface area contributed by atoms with Crippen LogP contribution in [-0.4, -0.2) is 31.2 Å². The van der Waals surface area contributed by atoms with Gasteiger partial charge < -0.3 is 10.2 Å². The lowest BCUT2D eigenvalue weighted by atomic mass is 10.3. The van der Waals surface area contributed by atoms with Crippen molar-refractivity contribution in [2.45, 2.75) is 0 Å². The number of hydrogen-bond donors (Lipinski definition) is 1. The van der Waals surface area contributed by atoms with Crippen LogP contribution in [0.3, 0.4) is 0 Å². The molecule has 0 aromatic carbocycles. The molecule has 1 aromatic heterocycles. The molecule has 0 radical (unpaired) electrons. The van der Waals surface area contributed by atoms with E-state index in [0.29, 0.717) is 0 Å². The minimum atomic E-state index is 0. The fourth-order valence-corrected chi connectivity index (χ4v) is 1.73. The van der Waals surface area contributed by atoms with Crippen LogP contribution in [0.15, 0.2) is 18.3 Å². The van der Waals surface area contributed by atoms with Gasteiger partial charge in [0.2, 0.25) is 0 Å². The molecule has 0 amide bonds. The molecule has 0 saturated carbocycles. The van der Waals surface area contributed by atoms with E-state index in [1.165, 1.54) is 0 Å². The molecule has 0 spiro atoms. The molecular weight excluding hydrogens is 256 g/mol. The number of piperazine rings is 1. The van der Waals surface area contributed by atoms with E-state index in [1.54, 1.807) is 6.20 Å². The van der Waals surface area contributed by atoms with Crippen molar-refractivity contribution in [1.82, 2.24) is 10.3 Å². The van der Waals surface area contributed by atoms with Crippen molar-refractivity contribution >= 4 is 42.2 Å². The normalized spacial score (nSPS) is 15.1. The molecule has 2 heterocycles. The zero-order chi connectivity index (χ0) is 9.10. The Morgan fingerprint density at radius 1 is 1.27 bits per heavy atom. The molecule has 1 N–H and O–H groups in total. The van der Waals surface area contributed by atoms with Gasteiger partial charge in [-0.3, -0.25) is 0 Å². The lowest BCUT2D eigenvalue weighted by molar-refractivity contribution is 0.585. The van der Waals surface area contributed by atoms with Gasteiger partial charge in [-0.15, -0.1) is 24.8 Å². The highest BCUT2D eigenvalue weighted by atomic mass is 35.5. The van der Waals surface area contributed by atoms with E-state index in [2.05, 4.69) is 15.2 Å². The lowest BCUT2D eigenvalue weighted by Crippen LogP contribution is -2.44. The van der Waals surface area contributed by atoms with Crippen LogP contribution in [0.25, 0.3) is 0 Å². The van der Waals surface area contributed by atoms with Crippen molar-refractivity contribution in [2.24, 2.45) is 0 Å². The van der Waals surface area contributed by atoms with Crippen molar-refractivity contribution < 1.29 is 0 Å². The third-order valence-electron chi connectivity index (χ3n) is 2.16. The Morgan fingerprint density at radius 3 is 2.53 bits per heavy atom. The van der Waals surface area contributed by atoms with E-state index in [1.807, 2.05) is 12.1 Å². The summed E-state index contributed by atoms with van der Waals surface area (Å²) in [4.78, 5) is 6.48. The smallest absolute Gasteiger partial charge is 0.147 e. The molecule has 1 saturated heterocycles. The average molecular weight is 271 g/mol. The number of aromatic nitrogens is 1. The SMILES string of the molecule is Cl.Cl.Clc1cccnc1N1CCNCC1. The predicted octanol–water partition coefficient (Wildman–Crippen LogP) is 1.99. The summed E-state index contributed by atoms with van der Waals surface area (Å²) in [5.74, 6) is 0.908. The van der Waals surface area contributed by atoms with Gasteiger partial charge in [0.05, 0.1) is 5.02 Å². The van der Waals surface area contributed by atoms with Crippen LogP contribution in [-0.2, 0) is 0 Å². The third kappa shape index (κ3) is 3.68. The quantitative estimate of drug-likeness (QED) is 0.846. The van der Waals surface area contributed by atoms with Gasteiger partial charge in [-0.05, 0) is 12.1 Å². The summed E-state index contributed by atoms with van der Waals surface area (Å²) in [6.07, 6.45) is 1.78. The summed E-state index contributed by atoms with van der Waals surface area (Å²) in [7, 11) is 0. The minimum Gasteiger partial charge on any atom is -0.353 e. The zero-order valence-electron chi connectivity index (χ0n) is 8.15. The largest absolute Gasteiger partial charge is 0.353 e. The molecule has 1 aliphatic rings. The first-order chi connectivity index (χ1) is 6.38. The Kier molecular flexibility index (Phi) is 7.02. The zero-order valence-corrected chi connectivity index (χ0v) is 10.5. The standard InChI is InChI=1S/C9H12ClN3.2ClH/c10-8-2-1-3-12-9(8)13-6-4-11-5-7-13;;/h1-3,11H,4-7H2;2*1H. The number of nitrogens with one attached hydrogen (secondary N) is 1. The fourth-order valence-electron chi connectivity index (χ4n) is 1.49. The van der Waals surface area contributed by atoms with Crippen molar-refractivity contribution in [2.75, 3.05) is 31.1 Å². The van der Waals surface area contributed by atoms with Crippen LogP contribution < -0.4 is 10.2 Å². The topological polar surface area (TPSA) is 28.2 Å². The molecule has 1 aliphatic heterocycles. The summed E-state index contributed by atoms with van der Waals surface area (Å²) in [6.45, 7) is 3.98. The highest BCUT2D eigenvalue weighted by molar-refractivity contribution is 6.32. The van der Waals surface area contributed by atoms with E-state index < -0.39 is 0 Å². The van der Waals surface area contributed by atoms with Crippen LogP contribution >= 0.6 is 36.4 Å². The number of rotatable bonds is 1. The number of anilines is 1. The molecule has 86 valence electrons. The predicted molar refractivity (Wildman–Crippen MR) is 68.8 cm³/mol. The highest BCUT2D eigenvalue weighted by Crippen LogP contribution is 2.21. The van der Waals surface area contributed by atoms with Gasteiger partial charge >= 0.3 is 0 Å². The van der Waals surface area contributed by atoms with E-state index in [9.17, 15) is 0 Å². The molecule has 0 unspecified atom stereocenters. The first kappa shape index (κ1) is 14.8. The Morgan fingerprint density at radius 2 is 1.93 bits per heavy atom. The second-order valence-corrected chi connectivity index (χ2v) is 3.45. The summed E-state index contributed by atoms with van der Waals surface area (Å²) in [5.41, 5.74) is 0. The van der Waals surface area contributed by atoms with E-state index in [4.69, 9.17) is 11.6 Å². The number of halogens is 3. The second-order valence-electron chi connectivity index (χ2n) is 3.05. The summed E-state index contributed by atoms with van der Waals surface area (Å²) >= 11 is 6.03. The van der Waals surface area contributed by atoms with E-state index >= 15 is 0 Å². The molecule has 3 nitrogen and oxygen atoms in total. The van der Waals surface area contributed by atoms with Gasteiger partial charge in [0.25, 0.3) is 0 Å². The number of pyridine rings is 1. The van der Waals surface area contributed by atoms with Crippen LogP contribution in [0.5, 0.6) is 0 Å². The van der Waals surface area contributed by atoms with Crippen molar-refractivity contribution in [3.8, 4) is 0 Å². The van der Waals surface area contributed by atoms with Crippen LogP contribution in [0, 0.1) is 0 Å². The molecule has 2 rings (SSSR count). The first-order valence-corrected chi connectivity index (χ1v) is 4.82.